The normalized spacial score (nSPS) is 11.6. The number of carbonyl (C=O) groups is 1. The summed E-state index contributed by atoms with van der Waals surface area (Å²) in [5, 5.41) is 1.97. The Labute approximate surface area is 152 Å². The number of nitrogens with one attached hydrogen (secondary N) is 1. The Hall–Kier alpha value is -2.22. The van der Waals surface area contributed by atoms with Gasteiger partial charge in [0.2, 0.25) is 15.9 Å². The Balaban J connectivity index is 2.08. The molecular formula is C18H20N2O3S2. The number of hydrogen-bond acceptors (Lipinski definition) is 4. The Morgan fingerprint density at radius 2 is 2.00 bits per heavy atom. The molecule has 7 heteroatoms. The molecule has 0 radical (unpaired) electrons. The molecule has 132 valence electrons. The van der Waals surface area contributed by atoms with Crippen LogP contribution in [0.5, 0.6) is 0 Å². The predicted octanol–water partition coefficient (Wildman–Crippen LogP) is 2.88. The van der Waals surface area contributed by atoms with E-state index in [0.29, 0.717) is 13.1 Å². The van der Waals surface area contributed by atoms with Crippen LogP contribution in [0.25, 0.3) is 6.08 Å². The highest BCUT2D eigenvalue weighted by molar-refractivity contribution is 7.89. The van der Waals surface area contributed by atoms with Crippen molar-refractivity contribution in [2.75, 3.05) is 13.6 Å². The van der Waals surface area contributed by atoms with Gasteiger partial charge in [-0.25, -0.2) is 13.1 Å². The van der Waals surface area contributed by atoms with E-state index in [1.807, 2.05) is 17.5 Å². The predicted molar refractivity (Wildman–Crippen MR) is 102 cm³/mol. The highest BCUT2D eigenvalue weighted by atomic mass is 32.2. The van der Waals surface area contributed by atoms with Gasteiger partial charge in [-0.05, 0) is 42.3 Å². The van der Waals surface area contributed by atoms with Crippen LogP contribution in [0.3, 0.4) is 0 Å². The number of benzene rings is 1. The second-order valence-corrected chi connectivity index (χ2v) is 8.12. The van der Waals surface area contributed by atoms with E-state index in [0.717, 1.165) is 10.4 Å². The first kappa shape index (κ1) is 19.1. The number of sulfonamides is 1. The van der Waals surface area contributed by atoms with Crippen molar-refractivity contribution in [1.82, 2.24) is 9.62 Å². The summed E-state index contributed by atoms with van der Waals surface area (Å²) in [6.45, 7) is 4.69. The van der Waals surface area contributed by atoms with E-state index in [1.165, 1.54) is 25.3 Å². The van der Waals surface area contributed by atoms with Crippen LogP contribution < -0.4 is 4.72 Å². The summed E-state index contributed by atoms with van der Waals surface area (Å²) in [4.78, 5) is 15.4. The van der Waals surface area contributed by atoms with Crippen molar-refractivity contribution < 1.29 is 13.2 Å². The van der Waals surface area contributed by atoms with E-state index in [4.69, 9.17) is 0 Å². The minimum atomic E-state index is -3.46. The molecule has 1 aromatic heterocycles. The lowest BCUT2D eigenvalue weighted by atomic mass is 10.2. The fraction of sp³-hybridized carbons (Fsp3) is 0.167. The molecule has 0 saturated heterocycles. The summed E-state index contributed by atoms with van der Waals surface area (Å²) in [5.74, 6) is -0.125. The van der Waals surface area contributed by atoms with Crippen LogP contribution in [0.1, 0.15) is 10.4 Å². The number of carbonyl (C=O) groups excluding carboxylic acids is 1. The van der Waals surface area contributed by atoms with E-state index in [1.54, 1.807) is 40.5 Å². The topological polar surface area (TPSA) is 66.5 Å². The molecule has 2 aromatic rings. The molecule has 0 aliphatic heterocycles. The van der Waals surface area contributed by atoms with Crippen LogP contribution in [-0.4, -0.2) is 32.8 Å². The maximum absolute atomic E-state index is 12.4. The van der Waals surface area contributed by atoms with Gasteiger partial charge in [0, 0.05) is 17.5 Å². The van der Waals surface area contributed by atoms with Gasteiger partial charge >= 0.3 is 0 Å². The molecule has 0 aliphatic rings. The van der Waals surface area contributed by atoms with Crippen molar-refractivity contribution in [3.63, 3.8) is 0 Å². The largest absolute Gasteiger partial charge is 0.330 e. The van der Waals surface area contributed by atoms with Crippen molar-refractivity contribution in [3.05, 3.63) is 70.9 Å². The summed E-state index contributed by atoms with van der Waals surface area (Å²) in [6, 6.07) is 10.3. The van der Waals surface area contributed by atoms with Crippen molar-refractivity contribution in [1.29, 1.82) is 0 Å². The maximum Gasteiger partial charge on any atom is 0.247 e. The minimum absolute atomic E-state index is 0.125. The molecule has 0 spiro atoms. The van der Waals surface area contributed by atoms with Gasteiger partial charge in [0.15, 0.2) is 0 Å². The quantitative estimate of drug-likeness (QED) is 0.569. The first-order chi connectivity index (χ1) is 12.0. The van der Waals surface area contributed by atoms with E-state index >= 15 is 0 Å². The lowest BCUT2D eigenvalue weighted by Crippen LogP contribution is -2.28. The van der Waals surface area contributed by atoms with Crippen molar-refractivity contribution in [3.8, 4) is 0 Å². The molecule has 0 saturated carbocycles. The zero-order chi connectivity index (χ0) is 18.3. The molecule has 0 fully saturated rings. The summed E-state index contributed by atoms with van der Waals surface area (Å²) in [7, 11) is -2.09. The second-order valence-electron chi connectivity index (χ2n) is 5.20. The average Bonchev–Trinajstić information content (AvgIpc) is 3.13. The SMILES string of the molecule is C=CCN(Cc1cccs1)C(=O)/C=C/c1ccc(S(=O)(=O)NC)cc1. The fourth-order valence-electron chi connectivity index (χ4n) is 2.13. The zero-order valence-electron chi connectivity index (χ0n) is 13.9. The maximum atomic E-state index is 12.4. The minimum Gasteiger partial charge on any atom is -0.330 e. The Morgan fingerprint density at radius 3 is 2.56 bits per heavy atom. The Kier molecular flexibility index (Phi) is 6.69. The fourth-order valence-corrected chi connectivity index (χ4v) is 3.58. The van der Waals surface area contributed by atoms with Crippen LogP contribution in [0.2, 0.25) is 0 Å². The van der Waals surface area contributed by atoms with Crippen LogP contribution in [0, 0.1) is 0 Å². The third kappa shape index (κ3) is 5.38. The van der Waals surface area contributed by atoms with Crippen LogP contribution >= 0.6 is 11.3 Å². The summed E-state index contributed by atoms with van der Waals surface area (Å²) in [6.07, 6.45) is 4.85. The molecule has 0 atom stereocenters. The standard InChI is InChI=1S/C18H20N2O3S2/c1-3-12-20(14-16-5-4-13-24-16)18(21)11-8-15-6-9-17(10-7-15)25(22,23)19-2/h3-11,13,19H,1,12,14H2,2H3/b11-8+. The van der Waals surface area contributed by atoms with E-state index in [-0.39, 0.29) is 10.8 Å². The van der Waals surface area contributed by atoms with Gasteiger partial charge in [-0.1, -0.05) is 24.3 Å². The van der Waals surface area contributed by atoms with Crippen molar-refractivity contribution >= 4 is 33.3 Å². The monoisotopic (exact) mass is 376 g/mol. The molecule has 0 unspecified atom stereocenters. The Morgan fingerprint density at radius 1 is 1.28 bits per heavy atom. The lowest BCUT2D eigenvalue weighted by molar-refractivity contribution is -0.126. The molecule has 1 N–H and O–H groups in total. The first-order valence-electron chi connectivity index (χ1n) is 7.60. The average molecular weight is 377 g/mol. The molecular weight excluding hydrogens is 356 g/mol. The third-order valence-corrected chi connectivity index (χ3v) is 5.76. The highest BCUT2D eigenvalue weighted by Crippen LogP contribution is 2.14. The number of amides is 1. The smallest absolute Gasteiger partial charge is 0.247 e. The molecule has 2 rings (SSSR count). The van der Waals surface area contributed by atoms with E-state index in [2.05, 4.69) is 11.3 Å². The first-order valence-corrected chi connectivity index (χ1v) is 9.96. The molecule has 1 aromatic carbocycles. The second kappa shape index (κ2) is 8.75. The number of nitrogens with zero attached hydrogens (tertiary/aromatic N) is 1. The van der Waals surface area contributed by atoms with Crippen molar-refractivity contribution in [2.45, 2.75) is 11.4 Å². The molecule has 0 bridgehead atoms. The van der Waals surface area contributed by atoms with Gasteiger partial charge in [-0.2, -0.15) is 0 Å². The summed E-state index contributed by atoms with van der Waals surface area (Å²) in [5.41, 5.74) is 0.748. The van der Waals surface area contributed by atoms with Gasteiger partial charge in [0.1, 0.15) is 0 Å². The van der Waals surface area contributed by atoms with Gasteiger partial charge in [0.05, 0.1) is 11.4 Å². The molecule has 1 heterocycles. The van der Waals surface area contributed by atoms with Gasteiger partial charge in [-0.15, -0.1) is 17.9 Å². The van der Waals surface area contributed by atoms with Gasteiger partial charge in [-0.3, -0.25) is 4.79 Å². The van der Waals surface area contributed by atoms with Gasteiger partial charge < -0.3 is 4.90 Å². The number of thiophene rings is 1. The third-order valence-electron chi connectivity index (χ3n) is 3.47. The van der Waals surface area contributed by atoms with Crippen LogP contribution in [0.15, 0.2) is 65.4 Å². The van der Waals surface area contributed by atoms with E-state index < -0.39 is 10.0 Å². The highest BCUT2D eigenvalue weighted by Gasteiger charge is 2.11. The molecule has 0 aliphatic carbocycles. The summed E-state index contributed by atoms with van der Waals surface area (Å²) < 4.78 is 25.6. The molecule has 25 heavy (non-hydrogen) atoms. The lowest BCUT2D eigenvalue weighted by Gasteiger charge is -2.18. The number of hydrogen-bond donors (Lipinski definition) is 1. The molecule has 5 nitrogen and oxygen atoms in total. The Bertz CT molecular complexity index is 839. The number of rotatable bonds is 8. The van der Waals surface area contributed by atoms with Gasteiger partial charge in [0.25, 0.3) is 0 Å². The van der Waals surface area contributed by atoms with E-state index in [9.17, 15) is 13.2 Å². The van der Waals surface area contributed by atoms with Crippen molar-refractivity contribution in [2.24, 2.45) is 0 Å². The van der Waals surface area contributed by atoms with Crippen LogP contribution in [0.4, 0.5) is 0 Å². The molecule has 1 amide bonds. The van der Waals surface area contributed by atoms with Crippen LogP contribution in [-0.2, 0) is 21.4 Å². The summed E-state index contributed by atoms with van der Waals surface area (Å²) >= 11 is 1.60. The zero-order valence-corrected chi connectivity index (χ0v) is 15.5.